The van der Waals surface area contributed by atoms with Crippen molar-refractivity contribution < 1.29 is 29.0 Å². The Labute approximate surface area is 346 Å². The third-order valence-electron chi connectivity index (χ3n) is 8.20. The number of nitrogens with zero attached hydrogens (tertiary/aromatic N) is 6. The monoisotopic (exact) mass is 834 g/mol. The van der Waals surface area contributed by atoms with Crippen molar-refractivity contribution in [2.75, 3.05) is 14.2 Å². The van der Waals surface area contributed by atoms with Crippen molar-refractivity contribution in [3.63, 3.8) is 0 Å². The van der Waals surface area contributed by atoms with Crippen LogP contribution < -0.4 is 9.47 Å². The fraction of sp³-hybridized carbons (Fsp3) is 0.0417. The van der Waals surface area contributed by atoms with Crippen LogP contribution >= 0.6 is 0 Å². The molecule has 0 fully saturated rings. The predicted molar refractivity (Wildman–Crippen MR) is 226 cm³/mol. The van der Waals surface area contributed by atoms with Gasteiger partial charge in [-0.2, -0.15) is 0 Å². The van der Waals surface area contributed by atoms with E-state index < -0.39 is 0 Å². The molecule has 0 aliphatic heterocycles. The van der Waals surface area contributed by atoms with Crippen molar-refractivity contribution in [2.45, 2.75) is 0 Å². The second-order valence-corrected chi connectivity index (χ2v) is 12.0. The van der Waals surface area contributed by atoms with Crippen LogP contribution in [-0.4, -0.2) is 44.1 Å². The maximum atomic E-state index is 5.42. The summed E-state index contributed by atoms with van der Waals surface area (Å²) in [6.07, 6.45) is 18.9. The van der Waals surface area contributed by atoms with E-state index in [1.165, 1.54) is 0 Å². The molecular formula is C48H40N6O2Ru. The summed E-state index contributed by atoms with van der Waals surface area (Å²) < 4.78 is 10.8. The Morgan fingerprint density at radius 1 is 0.333 bits per heavy atom. The summed E-state index contributed by atoms with van der Waals surface area (Å²) in [6, 6.07) is 47.1. The molecule has 0 unspecified atom stereocenters. The summed E-state index contributed by atoms with van der Waals surface area (Å²) in [5, 5.41) is 0. The van der Waals surface area contributed by atoms with Gasteiger partial charge in [-0.15, -0.1) is 0 Å². The zero-order valence-corrected chi connectivity index (χ0v) is 33.2. The standard InChI is InChI=1S/C28H24N2O2.2C10H8N2.Ru/c1-31-27-9-5-3-7-23(27)13-11-21-15-17-29-25(19-21)26-20-22(16-18-30-26)12-14-24-8-4-6-10-28(24)32-2;2*1-3-7-11-9(5-1)10-6-2-4-8-12-10;/h3-20H,1-2H3;2*1-8H;/b13-11+,14-12+;;;. The van der Waals surface area contributed by atoms with Crippen molar-refractivity contribution >= 4 is 24.3 Å². The number of pyridine rings is 6. The van der Waals surface area contributed by atoms with Crippen molar-refractivity contribution in [3.8, 4) is 45.7 Å². The van der Waals surface area contributed by atoms with Gasteiger partial charge >= 0.3 is 0 Å². The van der Waals surface area contributed by atoms with Gasteiger partial charge in [0.1, 0.15) is 11.5 Å². The van der Waals surface area contributed by atoms with Crippen LogP contribution in [0.15, 0.2) is 183 Å². The molecule has 57 heavy (non-hydrogen) atoms. The molecule has 0 saturated heterocycles. The summed E-state index contributed by atoms with van der Waals surface area (Å²) in [5.74, 6) is 1.68. The first-order valence-electron chi connectivity index (χ1n) is 17.9. The molecule has 8 rings (SSSR count). The first kappa shape index (κ1) is 41.2. The summed E-state index contributed by atoms with van der Waals surface area (Å²) in [7, 11) is 3.36. The Bertz CT molecular complexity index is 2200. The molecule has 0 atom stereocenters. The second kappa shape index (κ2) is 22.4. The van der Waals surface area contributed by atoms with E-state index in [0.717, 1.165) is 67.9 Å². The smallest absolute Gasteiger partial charge is 0.126 e. The number of methoxy groups -OCH3 is 2. The van der Waals surface area contributed by atoms with E-state index in [1.54, 1.807) is 51.4 Å². The molecule has 0 spiro atoms. The van der Waals surface area contributed by atoms with Gasteiger partial charge in [0, 0.05) is 67.8 Å². The number of hydrogen-bond donors (Lipinski definition) is 0. The molecule has 6 heterocycles. The molecule has 0 aliphatic rings. The Hall–Kier alpha value is -6.96. The van der Waals surface area contributed by atoms with Gasteiger partial charge < -0.3 is 9.47 Å². The van der Waals surface area contributed by atoms with Crippen molar-refractivity contribution in [2.24, 2.45) is 0 Å². The van der Waals surface area contributed by atoms with Crippen LogP contribution in [0.25, 0.3) is 58.5 Å². The minimum atomic E-state index is 0. The maximum Gasteiger partial charge on any atom is 0.126 e. The molecule has 6 aromatic heterocycles. The van der Waals surface area contributed by atoms with Gasteiger partial charge in [0.05, 0.1) is 48.4 Å². The molecule has 0 bridgehead atoms. The number of para-hydroxylation sites is 2. The Morgan fingerprint density at radius 2 is 0.649 bits per heavy atom. The van der Waals surface area contributed by atoms with E-state index in [1.807, 2.05) is 158 Å². The van der Waals surface area contributed by atoms with Gasteiger partial charge in [-0.25, -0.2) is 0 Å². The van der Waals surface area contributed by atoms with Crippen molar-refractivity contribution in [1.29, 1.82) is 0 Å². The van der Waals surface area contributed by atoms with Gasteiger partial charge in [-0.3, -0.25) is 29.9 Å². The van der Waals surface area contributed by atoms with E-state index >= 15 is 0 Å². The topological polar surface area (TPSA) is 95.8 Å². The average Bonchev–Trinajstić information content (AvgIpc) is 3.29. The number of aromatic nitrogens is 6. The third-order valence-corrected chi connectivity index (χ3v) is 8.20. The molecular weight excluding hydrogens is 794 g/mol. The molecule has 0 radical (unpaired) electrons. The summed E-state index contributed by atoms with van der Waals surface area (Å²) in [5.41, 5.74) is 9.42. The van der Waals surface area contributed by atoms with E-state index in [0.29, 0.717) is 0 Å². The Kier molecular flexibility index (Phi) is 16.2. The van der Waals surface area contributed by atoms with Crippen LogP contribution in [0.2, 0.25) is 0 Å². The van der Waals surface area contributed by atoms with Crippen LogP contribution in [0, 0.1) is 0 Å². The zero-order chi connectivity index (χ0) is 38.6. The second-order valence-electron chi connectivity index (χ2n) is 12.0. The van der Waals surface area contributed by atoms with Gasteiger partial charge in [0.2, 0.25) is 0 Å². The van der Waals surface area contributed by atoms with Gasteiger partial charge in [0.25, 0.3) is 0 Å². The predicted octanol–water partition coefficient (Wildman–Crippen LogP) is 10.8. The number of benzene rings is 2. The minimum absolute atomic E-state index is 0. The Balaban J connectivity index is 0.000000201. The minimum Gasteiger partial charge on any atom is -0.496 e. The molecule has 0 aliphatic carbocycles. The van der Waals surface area contributed by atoms with Gasteiger partial charge in [-0.05, 0) is 96.1 Å². The van der Waals surface area contributed by atoms with E-state index in [2.05, 4.69) is 42.1 Å². The van der Waals surface area contributed by atoms with Crippen LogP contribution in [0.3, 0.4) is 0 Å². The fourth-order valence-electron chi connectivity index (χ4n) is 5.42. The molecule has 0 N–H and O–H groups in total. The number of ether oxygens (including phenoxy) is 2. The van der Waals surface area contributed by atoms with Gasteiger partial charge in [0.15, 0.2) is 0 Å². The van der Waals surface area contributed by atoms with E-state index in [9.17, 15) is 0 Å². The molecule has 8 aromatic rings. The van der Waals surface area contributed by atoms with E-state index in [4.69, 9.17) is 9.47 Å². The summed E-state index contributed by atoms with van der Waals surface area (Å²) in [4.78, 5) is 25.8. The number of rotatable bonds is 9. The molecule has 9 heteroatoms. The van der Waals surface area contributed by atoms with E-state index in [-0.39, 0.29) is 19.5 Å². The molecule has 0 amide bonds. The average molecular weight is 834 g/mol. The SMILES string of the molecule is COc1ccccc1/C=C/c1ccnc(-c2cc(/C=C/c3ccccc3OC)ccn2)c1.[Ru].c1ccc(-c2ccccn2)nc1.c1ccc(-c2ccccn2)nc1. The fourth-order valence-corrected chi connectivity index (χ4v) is 5.42. The first-order valence-corrected chi connectivity index (χ1v) is 17.9. The summed E-state index contributed by atoms with van der Waals surface area (Å²) in [6.45, 7) is 0. The van der Waals surface area contributed by atoms with Gasteiger partial charge in [-0.1, -0.05) is 85.0 Å². The quantitative estimate of drug-likeness (QED) is 0.133. The zero-order valence-electron chi connectivity index (χ0n) is 31.5. The normalized spacial score (nSPS) is 10.4. The van der Waals surface area contributed by atoms with Crippen LogP contribution in [0.5, 0.6) is 11.5 Å². The third kappa shape index (κ3) is 12.5. The van der Waals surface area contributed by atoms with Crippen LogP contribution in [-0.2, 0) is 19.5 Å². The first-order chi connectivity index (χ1) is 27.7. The van der Waals surface area contributed by atoms with Crippen LogP contribution in [0.1, 0.15) is 22.3 Å². The maximum absolute atomic E-state index is 5.42. The van der Waals surface area contributed by atoms with Crippen LogP contribution in [0.4, 0.5) is 0 Å². The molecule has 282 valence electrons. The van der Waals surface area contributed by atoms with Crippen molar-refractivity contribution in [1.82, 2.24) is 29.9 Å². The summed E-state index contributed by atoms with van der Waals surface area (Å²) >= 11 is 0. The van der Waals surface area contributed by atoms with Crippen molar-refractivity contribution in [3.05, 3.63) is 205 Å². The largest absolute Gasteiger partial charge is 0.496 e. The molecule has 8 nitrogen and oxygen atoms in total. The molecule has 0 saturated carbocycles. The Morgan fingerprint density at radius 3 is 0.965 bits per heavy atom. The molecule has 2 aromatic carbocycles. The number of hydrogen-bond acceptors (Lipinski definition) is 8.